The molecule has 18 heavy (non-hydrogen) atoms. The van der Waals surface area contributed by atoms with Crippen molar-refractivity contribution in [2.45, 2.75) is 33.6 Å². The molecule has 1 rings (SSSR count). The minimum atomic E-state index is 0.125. The molecule has 2 atom stereocenters. The van der Waals surface area contributed by atoms with Gasteiger partial charge in [0.15, 0.2) is 0 Å². The van der Waals surface area contributed by atoms with Crippen LogP contribution in [-0.2, 0) is 4.79 Å². The Kier molecular flexibility index (Phi) is 6.65. The van der Waals surface area contributed by atoms with Gasteiger partial charge in [0.2, 0.25) is 5.91 Å². The summed E-state index contributed by atoms with van der Waals surface area (Å²) in [6.45, 7) is 10.4. The third-order valence-corrected chi connectivity index (χ3v) is 3.54. The lowest BCUT2D eigenvalue weighted by atomic mass is 9.92. The molecule has 1 fully saturated rings. The fourth-order valence-electron chi connectivity index (χ4n) is 2.89. The largest absolute Gasteiger partial charge is 0.395 e. The smallest absolute Gasteiger partial charge is 0.236 e. The molecule has 0 spiro atoms. The first-order valence-electron chi connectivity index (χ1n) is 7.17. The molecule has 1 amide bonds. The summed E-state index contributed by atoms with van der Waals surface area (Å²) < 4.78 is 0. The van der Waals surface area contributed by atoms with Crippen LogP contribution in [-0.4, -0.2) is 60.1 Å². The Hall–Kier alpha value is -0.610. The Balaban J connectivity index is 2.46. The fraction of sp³-hybridized carbons (Fsp3) is 0.929. The zero-order chi connectivity index (χ0) is 13.5. The quantitative estimate of drug-likeness (QED) is 0.776. The SMILES string of the molecule is CCCN(CCO)CC(=O)N1C[C@H](C)C[C@@H](C)C1. The Morgan fingerprint density at radius 3 is 2.39 bits per heavy atom. The molecule has 0 aliphatic carbocycles. The molecule has 1 N–H and O–H groups in total. The first kappa shape index (κ1) is 15.4. The number of nitrogens with zero attached hydrogens (tertiary/aromatic N) is 2. The van der Waals surface area contributed by atoms with E-state index in [0.29, 0.717) is 24.9 Å². The Labute approximate surface area is 111 Å². The van der Waals surface area contributed by atoms with Gasteiger partial charge in [0, 0.05) is 19.6 Å². The van der Waals surface area contributed by atoms with E-state index in [1.165, 1.54) is 6.42 Å². The number of piperidine rings is 1. The van der Waals surface area contributed by atoms with Crippen molar-refractivity contribution >= 4 is 5.91 Å². The van der Waals surface area contributed by atoms with Crippen LogP contribution in [0, 0.1) is 11.8 Å². The van der Waals surface area contributed by atoms with Crippen molar-refractivity contribution in [1.82, 2.24) is 9.80 Å². The highest BCUT2D eigenvalue weighted by Gasteiger charge is 2.26. The van der Waals surface area contributed by atoms with E-state index in [-0.39, 0.29) is 12.5 Å². The van der Waals surface area contributed by atoms with Gasteiger partial charge in [-0.1, -0.05) is 20.8 Å². The van der Waals surface area contributed by atoms with E-state index in [1.807, 2.05) is 9.80 Å². The highest BCUT2D eigenvalue weighted by Crippen LogP contribution is 2.20. The van der Waals surface area contributed by atoms with Gasteiger partial charge in [-0.25, -0.2) is 0 Å². The van der Waals surface area contributed by atoms with Crippen molar-refractivity contribution in [3.63, 3.8) is 0 Å². The van der Waals surface area contributed by atoms with Gasteiger partial charge in [-0.05, 0) is 31.2 Å². The van der Waals surface area contributed by atoms with Crippen LogP contribution in [0.1, 0.15) is 33.6 Å². The van der Waals surface area contributed by atoms with E-state index in [0.717, 1.165) is 26.1 Å². The van der Waals surface area contributed by atoms with Crippen LogP contribution in [0.15, 0.2) is 0 Å². The summed E-state index contributed by atoms with van der Waals surface area (Å²) in [5.41, 5.74) is 0. The molecular formula is C14H28N2O2. The average Bonchev–Trinajstić information content (AvgIpc) is 2.28. The van der Waals surface area contributed by atoms with E-state index in [4.69, 9.17) is 5.11 Å². The second kappa shape index (κ2) is 7.74. The first-order valence-corrected chi connectivity index (χ1v) is 7.17. The minimum absolute atomic E-state index is 0.125. The third-order valence-electron chi connectivity index (χ3n) is 3.54. The van der Waals surface area contributed by atoms with Crippen LogP contribution in [0.4, 0.5) is 0 Å². The van der Waals surface area contributed by atoms with E-state index >= 15 is 0 Å². The number of likely N-dealkylation sites (tertiary alicyclic amines) is 1. The third kappa shape index (κ3) is 4.94. The van der Waals surface area contributed by atoms with Crippen molar-refractivity contribution in [3.8, 4) is 0 Å². The molecule has 106 valence electrons. The molecule has 4 heteroatoms. The first-order chi connectivity index (χ1) is 8.56. The predicted octanol–water partition coefficient (Wildman–Crippen LogP) is 1.20. The van der Waals surface area contributed by atoms with Crippen LogP contribution in [0.5, 0.6) is 0 Å². The molecule has 0 aromatic heterocycles. The molecule has 4 nitrogen and oxygen atoms in total. The highest BCUT2D eigenvalue weighted by molar-refractivity contribution is 5.78. The molecule has 1 saturated heterocycles. The van der Waals surface area contributed by atoms with Crippen molar-refractivity contribution < 1.29 is 9.90 Å². The number of carbonyl (C=O) groups excluding carboxylic acids is 1. The predicted molar refractivity (Wildman–Crippen MR) is 73.3 cm³/mol. The monoisotopic (exact) mass is 256 g/mol. The molecule has 1 aliphatic rings. The topological polar surface area (TPSA) is 43.8 Å². The maximum absolute atomic E-state index is 12.3. The number of hydrogen-bond acceptors (Lipinski definition) is 3. The number of aliphatic hydroxyl groups excluding tert-OH is 1. The molecule has 0 aromatic carbocycles. The highest BCUT2D eigenvalue weighted by atomic mass is 16.3. The minimum Gasteiger partial charge on any atom is -0.395 e. The molecule has 1 aliphatic heterocycles. The number of amides is 1. The van der Waals surface area contributed by atoms with Gasteiger partial charge in [-0.2, -0.15) is 0 Å². The molecule has 0 unspecified atom stereocenters. The molecular weight excluding hydrogens is 228 g/mol. The van der Waals surface area contributed by atoms with Crippen molar-refractivity contribution in [1.29, 1.82) is 0 Å². The van der Waals surface area contributed by atoms with E-state index in [9.17, 15) is 4.79 Å². The lowest BCUT2D eigenvalue weighted by Crippen LogP contribution is -2.47. The fourth-order valence-corrected chi connectivity index (χ4v) is 2.89. The summed E-state index contributed by atoms with van der Waals surface area (Å²) in [5.74, 6) is 1.43. The Morgan fingerprint density at radius 2 is 1.89 bits per heavy atom. The van der Waals surface area contributed by atoms with Gasteiger partial charge >= 0.3 is 0 Å². The van der Waals surface area contributed by atoms with Gasteiger partial charge in [0.05, 0.1) is 13.2 Å². The maximum atomic E-state index is 12.3. The molecule has 0 saturated carbocycles. The lowest BCUT2D eigenvalue weighted by molar-refractivity contribution is -0.135. The molecule has 0 aromatic rings. The summed E-state index contributed by atoms with van der Waals surface area (Å²) in [6.07, 6.45) is 2.24. The second-order valence-electron chi connectivity index (χ2n) is 5.74. The Bertz CT molecular complexity index is 242. The standard InChI is InChI=1S/C14H28N2O2/c1-4-5-15(6-7-17)11-14(18)16-9-12(2)8-13(3)10-16/h12-13,17H,4-11H2,1-3H3/t12-,13-/m1/s1. The summed E-state index contributed by atoms with van der Waals surface area (Å²) in [7, 11) is 0. The van der Waals surface area contributed by atoms with Crippen molar-refractivity contribution in [2.75, 3.05) is 39.3 Å². The normalized spacial score (nSPS) is 24.6. The molecule has 1 heterocycles. The van der Waals surface area contributed by atoms with Gasteiger partial charge in [0.1, 0.15) is 0 Å². The van der Waals surface area contributed by atoms with Crippen molar-refractivity contribution in [2.24, 2.45) is 11.8 Å². The van der Waals surface area contributed by atoms with Crippen LogP contribution >= 0.6 is 0 Å². The Morgan fingerprint density at radius 1 is 1.28 bits per heavy atom. The van der Waals surface area contributed by atoms with Gasteiger partial charge in [-0.3, -0.25) is 9.69 Å². The summed E-state index contributed by atoms with van der Waals surface area (Å²) >= 11 is 0. The summed E-state index contributed by atoms with van der Waals surface area (Å²) in [6, 6.07) is 0. The number of aliphatic hydroxyl groups is 1. The van der Waals surface area contributed by atoms with Crippen molar-refractivity contribution in [3.05, 3.63) is 0 Å². The molecule has 0 radical (unpaired) electrons. The summed E-state index contributed by atoms with van der Waals surface area (Å²) in [4.78, 5) is 16.3. The number of carbonyl (C=O) groups is 1. The second-order valence-corrected chi connectivity index (χ2v) is 5.74. The zero-order valence-electron chi connectivity index (χ0n) is 12.1. The van der Waals surface area contributed by atoms with Gasteiger partial charge in [0.25, 0.3) is 0 Å². The van der Waals surface area contributed by atoms with Crippen LogP contribution in [0.2, 0.25) is 0 Å². The van der Waals surface area contributed by atoms with Gasteiger partial charge in [-0.15, -0.1) is 0 Å². The van der Waals surface area contributed by atoms with E-state index in [1.54, 1.807) is 0 Å². The average molecular weight is 256 g/mol. The lowest BCUT2D eigenvalue weighted by Gasteiger charge is -2.36. The molecule has 0 bridgehead atoms. The summed E-state index contributed by atoms with van der Waals surface area (Å²) in [5, 5.41) is 9.00. The number of rotatable bonds is 6. The van der Waals surface area contributed by atoms with Crippen LogP contribution in [0.25, 0.3) is 0 Å². The van der Waals surface area contributed by atoms with Gasteiger partial charge < -0.3 is 10.0 Å². The van der Waals surface area contributed by atoms with E-state index < -0.39 is 0 Å². The number of hydrogen-bond donors (Lipinski definition) is 1. The van der Waals surface area contributed by atoms with Crippen LogP contribution in [0.3, 0.4) is 0 Å². The van der Waals surface area contributed by atoms with Crippen LogP contribution < -0.4 is 0 Å². The van der Waals surface area contributed by atoms with E-state index in [2.05, 4.69) is 20.8 Å². The zero-order valence-corrected chi connectivity index (χ0v) is 12.1. The maximum Gasteiger partial charge on any atom is 0.236 e.